The van der Waals surface area contributed by atoms with Crippen LogP contribution in [0.15, 0.2) is 18.7 Å². The second kappa shape index (κ2) is 4.78. The zero-order chi connectivity index (χ0) is 12.4. The summed E-state index contributed by atoms with van der Waals surface area (Å²) in [6, 6.07) is 0. The van der Waals surface area contributed by atoms with Gasteiger partial charge in [0, 0.05) is 24.5 Å². The van der Waals surface area contributed by atoms with Crippen molar-refractivity contribution in [2.45, 2.75) is 31.8 Å². The van der Waals surface area contributed by atoms with Crippen molar-refractivity contribution in [2.75, 3.05) is 18.1 Å². The molecule has 0 aliphatic carbocycles. The van der Waals surface area contributed by atoms with E-state index in [-0.39, 0.29) is 11.3 Å². The minimum absolute atomic E-state index is 0.228. The largest absolute Gasteiger partial charge is 0.337 e. The van der Waals surface area contributed by atoms with Crippen molar-refractivity contribution < 1.29 is 8.42 Å². The third-order valence-corrected chi connectivity index (χ3v) is 5.11. The molecule has 1 aliphatic heterocycles. The van der Waals surface area contributed by atoms with Crippen LogP contribution in [0.3, 0.4) is 0 Å². The highest BCUT2D eigenvalue weighted by molar-refractivity contribution is 7.91. The zero-order valence-electron chi connectivity index (χ0n) is 10.1. The van der Waals surface area contributed by atoms with Crippen LogP contribution in [-0.2, 0) is 16.4 Å². The van der Waals surface area contributed by atoms with Gasteiger partial charge in [0.05, 0.1) is 17.8 Å². The first-order valence-corrected chi connectivity index (χ1v) is 7.73. The molecular formula is C11H19N3O2S. The highest BCUT2D eigenvalue weighted by atomic mass is 32.2. The first-order valence-electron chi connectivity index (χ1n) is 5.90. The molecule has 1 fully saturated rings. The van der Waals surface area contributed by atoms with E-state index in [0.29, 0.717) is 5.75 Å². The topological polar surface area (TPSA) is 64.0 Å². The van der Waals surface area contributed by atoms with E-state index in [4.69, 9.17) is 0 Å². The van der Waals surface area contributed by atoms with Crippen molar-refractivity contribution in [1.29, 1.82) is 0 Å². The van der Waals surface area contributed by atoms with E-state index in [1.54, 1.807) is 12.5 Å². The van der Waals surface area contributed by atoms with E-state index >= 15 is 0 Å². The van der Waals surface area contributed by atoms with Gasteiger partial charge in [0.15, 0.2) is 9.84 Å². The Bertz CT molecular complexity index is 455. The summed E-state index contributed by atoms with van der Waals surface area (Å²) >= 11 is 0. The molecular weight excluding hydrogens is 238 g/mol. The van der Waals surface area contributed by atoms with Crippen LogP contribution >= 0.6 is 0 Å². The molecule has 1 aliphatic rings. The molecule has 1 unspecified atom stereocenters. The van der Waals surface area contributed by atoms with Crippen molar-refractivity contribution in [3.05, 3.63) is 18.7 Å². The molecule has 1 aromatic heterocycles. The number of aryl methyl sites for hydroxylation is 1. The Hall–Kier alpha value is -0.880. The molecule has 17 heavy (non-hydrogen) atoms. The number of nitrogens with zero attached hydrogens (tertiary/aromatic N) is 2. The minimum Gasteiger partial charge on any atom is -0.337 e. The SMILES string of the molecule is CC1(NCCCn2ccnc2)CCS(=O)(=O)C1. The molecule has 0 amide bonds. The highest BCUT2D eigenvalue weighted by Crippen LogP contribution is 2.22. The van der Waals surface area contributed by atoms with Gasteiger partial charge < -0.3 is 9.88 Å². The lowest BCUT2D eigenvalue weighted by molar-refractivity contribution is 0.388. The molecule has 2 heterocycles. The molecule has 1 aromatic rings. The highest BCUT2D eigenvalue weighted by Gasteiger charge is 2.37. The molecule has 1 N–H and O–H groups in total. The van der Waals surface area contributed by atoms with Crippen LogP contribution in [0.25, 0.3) is 0 Å². The van der Waals surface area contributed by atoms with Crippen molar-refractivity contribution in [2.24, 2.45) is 0 Å². The van der Waals surface area contributed by atoms with E-state index in [0.717, 1.165) is 25.9 Å². The third-order valence-electron chi connectivity index (χ3n) is 3.21. The molecule has 1 atom stereocenters. The molecule has 0 bridgehead atoms. The van der Waals surface area contributed by atoms with Crippen molar-refractivity contribution in [3.63, 3.8) is 0 Å². The van der Waals surface area contributed by atoms with Gasteiger partial charge >= 0.3 is 0 Å². The first kappa shape index (κ1) is 12.6. The summed E-state index contributed by atoms with van der Waals surface area (Å²) in [5.74, 6) is 0.586. The molecule has 0 saturated carbocycles. The van der Waals surface area contributed by atoms with E-state index in [2.05, 4.69) is 10.3 Å². The number of sulfone groups is 1. The summed E-state index contributed by atoms with van der Waals surface area (Å²) < 4.78 is 24.8. The molecule has 0 radical (unpaired) electrons. The van der Waals surface area contributed by atoms with Crippen LogP contribution in [0.1, 0.15) is 19.8 Å². The predicted molar refractivity (Wildman–Crippen MR) is 66.5 cm³/mol. The van der Waals surface area contributed by atoms with Gasteiger partial charge in [-0.25, -0.2) is 13.4 Å². The summed E-state index contributed by atoms with van der Waals surface area (Å²) in [7, 11) is -2.81. The fourth-order valence-electron chi connectivity index (χ4n) is 2.22. The second-order valence-corrected chi connectivity index (χ2v) is 7.17. The fraction of sp³-hybridized carbons (Fsp3) is 0.727. The van der Waals surface area contributed by atoms with Crippen LogP contribution in [0.4, 0.5) is 0 Å². The van der Waals surface area contributed by atoms with Crippen LogP contribution in [-0.4, -0.2) is 41.6 Å². The van der Waals surface area contributed by atoms with Crippen molar-refractivity contribution in [3.8, 4) is 0 Å². The van der Waals surface area contributed by atoms with E-state index in [1.165, 1.54) is 0 Å². The summed E-state index contributed by atoms with van der Waals surface area (Å²) in [5, 5.41) is 3.36. The Kier molecular flexibility index (Phi) is 3.53. The smallest absolute Gasteiger partial charge is 0.152 e. The molecule has 0 spiro atoms. The Morgan fingerprint density at radius 1 is 1.53 bits per heavy atom. The Balaban J connectivity index is 1.72. The lowest BCUT2D eigenvalue weighted by Gasteiger charge is -2.23. The normalized spacial score (nSPS) is 27.4. The third kappa shape index (κ3) is 3.54. The second-order valence-electron chi connectivity index (χ2n) is 4.98. The quantitative estimate of drug-likeness (QED) is 0.777. The maximum absolute atomic E-state index is 11.4. The minimum atomic E-state index is -2.81. The van der Waals surface area contributed by atoms with Gasteiger partial charge in [-0.2, -0.15) is 0 Å². The summed E-state index contributed by atoms with van der Waals surface area (Å²) in [6.07, 6.45) is 7.19. The maximum Gasteiger partial charge on any atom is 0.152 e. The molecule has 5 nitrogen and oxygen atoms in total. The molecule has 1 saturated heterocycles. The maximum atomic E-state index is 11.4. The Morgan fingerprint density at radius 2 is 2.35 bits per heavy atom. The monoisotopic (exact) mass is 257 g/mol. The summed E-state index contributed by atoms with van der Waals surface area (Å²) in [4.78, 5) is 3.97. The fourth-order valence-corrected chi connectivity index (χ4v) is 4.34. The number of hydrogen-bond donors (Lipinski definition) is 1. The van der Waals surface area contributed by atoms with Gasteiger partial charge in [-0.1, -0.05) is 0 Å². The van der Waals surface area contributed by atoms with Gasteiger partial charge in [0.1, 0.15) is 0 Å². The van der Waals surface area contributed by atoms with Crippen LogP contribution in [0, 0.1) is 0 Å². The average molecular weight is 257 g/mol. The Morgan fingerprint density at radius 3 is 2.94 bits per heavy atom. The van der Waals surface area contributed by atoms with Gasteiger partial charge in [0.25, 0.3) is 0 Å². The van der Waals surface area contributed by atoms with Gasteiger partial charge in [-0.3, -0.25) is 0 Å². The molecule has 6 heteroatoms. The van der Waals surface area contributed by atoms with Crippen molar-refractivity contribution >= 4 is 9.84 Å². The van der Waals surface area contributed by atoms with Crippen LogP contribution in [0.5, 0.6) is 0 Å². The van der Waals surface area contributed by atoms with Gasteiger partial charge in [-0.05, 0) is 26.3 Å². The van der Waals surface area contributed by atoms with E-state index in [1.807, 2.05) is 17.7 Å². The van der Waals surface area contributed by atoms with Crippen LogP contribution in [0.2, 0.25) is 0 Å². The van der Waals surface area contributed by atoms with E-state index in [9.17, 15) is 8.42 Å². The molecule has 0 aromatic carbocycles. The lowest BCUT2D eigenvalue weighted by atomic mass is 10.0. The zero-order valence-corrected chi connectivity index (χ0v) is 10.9. The molecule has 2 rings (SSSR count). The van der Waals surface area contributed by atoms with E-state index < -0.39 is 9.84 Å². The summed E-state index contributed by atoms with van der Waals surface area (Å²) in [6.45, 7) is 3.74. The summed E-state index contributed by atoms with van der Waals surface area (Å²) in [5.41, 5.74) is -0.228. The number of rotatable bonds is 5. The average Bonchev–Trinajstić information content (AvgIpc) is 2.82. The Labute approximate surface area is 102 Å². The van der Waals surface area contributed by atoms with Crippen LogP contribution < -0.4 is 5.32 Å². The number of nitrogens with one attached hydrogen (secondary N) is 1. The number of imidazole rings is 1. The standard InChI is InChI=1S/C11H19N3O2S/c1-11(3-8-17(15,16)9-11)13-4-2-6-14-7-5-12-10-14/h5,7,10,13H,2-4,6,8-9H2,1H3. The first-order chi connectivity index (χ1) is 7.99. The number of aromatic nitrogens is 2. The van der Waals surface area contributed by atoms with Gasteiger partial charge in [-0.15, -0.1) is 0 Å². The van der Waals surface area contributed by atoms with Gasteiger partial charge in [0.2, 0.25) is 0 Å². The predicted octanol–water partition coefficient (Wildman–Crippen LogP) is 0.440. The number of hydrogen-bond acceptors (Lipinski definition) is 4. The molecule has 96 valence electrons. The lowest BCUT2D eigenvalue weighted by Crippen LogP contribution is -2.44. The van der Waals surface area contributed by atoms with Crippen molar-refractivity contribution in [1.82, 2.24) is 14.9 Å².